The average Bonchev–Trinajstić information content (AvgIpc) is 3.21. The van der Waals surface area contributed by atoms with Crippen molar-refractivity contribution in [3.05, 3.63) is 0 Å². The number of unbranched alkanes of at least 4 members (excludes halogenated alkanes) is 30. The Morgan fingerprint density at radius 3 is 0.982 bits per heavy atom. The summed E-state index contributed by atoms with van der Waals surface area (Å²) in [5.41, 5.74) is 0. The van der Waals surface area contributed by atoms with Crippen molar-refractivity contribution in [1.29, 1.82) is 0 Å². The predicted molar refractivity (Wildman–Crippen MR) is 243 cm³/mol. The van der Waals surface area contributed by atoms with Crippen LogP contribution in [0.4, 0.5) is 0 Å². The second kappa shape index (κ2) is 38.9. The Bertz CT molecular complexity index is 732. The maximum Gasteiger partial charge on any atom is 0.248 e. The fourth-order valence-corrected chi connectivity index (χ4v) is 10.2. The van der Waals surface area contributed by atoms with Gasteiger partial charge in [0.2, 0.25) is 5.91 Å². The topological polar surface area (TPSA) is 29.5 Å². The van der Waals surface area contributed by atoms with E-state index in [1.165, 1.54) is 257 Å². The summed E-state index contributed by atoms with van der Waals surface area (Å²) in [5, 5.41) is 0. The molecule has 2 aliphatic rings. The average molecular weight is 772 g/mol. The summed E-state index contributed by atoms with van der Waals surface area (Å²) < 4.78 is 6.42. The zero-order chi connectivity index (χ0) is 39.1. The number of ether oxygens (including phenoxy) is 1. The van der Waals surface area contributed by atoms with E-state index in [1.807, 2.05) is 0 Å². The molecule has 2 aliphatic carbocycles. The van der Waals surface area contributed by atoms with Gasteiger partial charge in [-0.3, -0.25) is 4.79 Å². The maximum absolute atomic E-state index is 13.7. The monoisotopic (exact) mass is 772 g/mol. The zero-order valence-electron chi connectivity index (χ0n) is 38.0. The molecule has 2 fully saturated rings. The van der Waals surface area contributed by atoms with E-state index in [2.05, 4.69) is 18.7 Å². The summed E-state index contributed by atoms with van der Waals surface area (Å²) in [6, 6.07) is 0. The van der Waals surface area contributed by atoms with Crippen LogP contribution < -0.4 is 0 Å². The lowest BCUT2D eigenvalue weighted by Gasteiger charge is -2.37. The van der Waals surface area contributed by atoms with E-state index in [-0.39, 0.29) is 5.91 Å². The Labute approximate surface area is 346 Å². The zero-order valence-corrected chi connectivity index (χ0v) is 38.0. The normalized spacial score (nSPS) is 15.7. The maximum atomic E-state index is 13.7. The molecule has 0 unspecified atom stereocenters. The van der Waals surface area contributed by atoms with Gasteiger partial charge in [0, 0.05) is 13.1 Å². The molecule has 0 radical (unpaired) electrons. The van der Waals surface area contributed by atoms with Crippen LogP contribution in [0.25, 0.3) is 0 Å². The third-order valence-electron chi connectivity index (χ3n) is 14.0. The van der Waals surface area contributed by atoms with Crippen LogP contribution in [0, 0.1) is 17.8 Å². The first-order chi connectivity index (χ1) is 27.3. The van der Waals surface area contributed by atoms with Crippen LogP contribution in [-0.2, 0) is 9.53 Å². The lowest BCUT2D eigenvalue weighted by Crippen LogP contribution is -2.37. The molecular formula is C52H101NO2. The minimum absolute atomic E-state index is 0.271. The summed E-state index contributed by atoms with van der Waals surface area (Å²) in [5.74, 6) is 2.62. The molecule has 0 heterocycles. The third-order valence-corrected chi connectivity index (χ3v) is 14.0. The van der Waals surface area contributed by atoms with E-state index in [9.17, 15) is 4.79 Å². The van der Waals surface area contributed by atoms with E-state index in [0.717, 1.165) is 44.4 Å². The molecule has 0 N–H and O–H groups in total. The van der Waals surface area contributed by atoms with Crippen LogP contribution in [0.15, 0.2) is 0 Å². The third kappa shape index (κ3) is 29.3. The van der Waals surface area contributed by atoms with Crippen LogP contribution >= 0.6 is 0 Å². The smallest absolute Gasteiger partial charge is 0.248 e. The van der Waals surface area contributed by atoms with Gasteiger partial charge in [-0.1, -0.05) is 271 Å². The van der Waals surface area contributed by atoms with Gasteiger partial charge in [-0.05, 0) is 30.6 Å². The van der Waals surface area contributed by atoms with Crippen LogP contribution in [0.3, 0.4) is 0 Å². The molecule has 1 amide bonds. The van der Waals surface area contributed by atoms with Gasteiger partial charge in [-0.2, -0.15) is 0 Å². The van der Waals surface area contributed by atoms with Gasteiger partial charge in [0.05, 0.1) is 6.61 Å². The largest absolute Gasteiger partial charge is 0.371 e. The van der Waals surface area contributed by atoms with Crippen molar-refractivity contribution in [3.63, 3.8) is 0 Å². The first kappa shape index (κ1) is 50.6. The molecule has 0 bridgehead atoms. The highest BCUT2D eigenvalue weighted by atomic mass is 16.5. The van der Waals surface area contributed by atoms with Crippen molar-refractivity contribution >= 4 is 5.91 Å². The molecule has 326 valence electrons. The van der Waals surface area contributed by atoms with Crippen LogP contribution in [0.2, 0.25) is 0 Å². The predicted octanol–water partition coefficient (Wildman–Crippen LogP) is 17.1. The Hall–Kier alpha value is -0.570. The summed E-state index contributed by atoms with van der Waals surface area (Å²) in [6.45, 7) is 7.63. The van der Waals surface area contributed by atoms with Crippen molar-refractivity contribution in [2.45, 2.75) is 284 Å². The van der Waals surface area contributed by atoms with Gasteiger partial charge in [0.25, 0.3) is 0 Å². The molecular weight excluding hydrogens is 671 g/mol. The lowest BCUT2D eigenvalue weighted by molar-refractivity contribution is -0.137. The Morgan fingerprint density at radius 2 is 0.691 bits per heavy atom. The number of amides is 1. The molecule has 0 saturated heterocycles. The van der Waals surface area contributed by atoms with Crippen molar-refractivity contribution < 1.29 is 9.53 Å². The van der Waals surface area contributed by atoms with Crippen LogP contribution in [0.5, 0.6) is 0 Å². The lowest BCUT2D eigenvalue weighted by atomic mass is 9.70. The van der Waals surface area contributed by atoms with Gasteiger partial charge in [0.1, 0.15) is 6.61 Å². The highest BCUT2D eigenvalue weighted by molar-refractivity contribution is 5.77. The van der Waals surface area contributed by atoms with E-state index in [0.29, 0.717) is 12.5 Å². The minimum Gasteiger partial charge on any atom is -0.371 e. The number of carbonyl (C=O) groups is 1. The second-order valence-corrected chi connectivity index (χ2v) is 19.0. The molecule has 0 aliphatic heterocycles. The fourth-order valence-electron chi connectivity index (χ4n) is 10.2. The Balaban J connectivity index is 1.62. The van der Waals surface area contributed by atoms with Gasteiger partial charge in [-0.15, -0.1) is 0 Å². The molecule has 0 atom stereocenters. The molecule has 0 aromatic carbocycles. The van der Waals surface area contributed by atoms with Crippen LogP contribution in [-0.4, -0.2) is 37.1 Å². The van der Waals surface area contributed by atoms with Gasteiger partial charge >= 0.3 is 0 Å². The van der Waals surface area contributed by atoms with Crippen molar-refractivity contribution in [2.24, 2.45) is 17.8 Å². The molecule has 0 aromatic heterocycles. The molecule has 0 spiro atoms. The molecule has 55 heavy (non-hydrogen) atoms. The quantitative estimate of drug-likeness (QED) is 0.0581. The molecule has 3 nitrogen and oxygen atoms in total. The highest BCUT2D eigenvalue weighted by Gasteiger charge is 2.32. The molecule has 0 aromatic rings. The van der Waals surface area contributed by atoms with Crippen LogP contribution in [0.1, 0.15) is 284 Å². The summed E-state index contributed by atoms with van der Waals surface area (Å²) in [7, 11) is 0. The first-order valence-corrected chi connectivity index (χ1v) is 26.1. The number of hydrogen-bond acceptors (Lipinski definition) is 2. The summed E-state index contributed by atoms with van der Waals surface area (Å²) >= 11 is 0. The second-order valence-electron chi connectivity index (χ2n) is 19.0. The molecule has 2 rings (SSSR count). The number of carbonyl (C=O) groups excluding carboxylic acids is 1. The van der Waals surface area contributed by atoms with E-state index in [1.54, 1.807) is 0 Å². The first-order valence-electron chi connectivity index (χ1n) is 26.1. The fraction of sp³-hybridized carbons (Fsp3) is 0.981. The van der Waals surface area contributed by atoms with Gasteiger partial charge < -0.3 is 9.64 Å². The van der Waals surface area contributed by atoms with Crippen molar-refractivity contribution in [1.82, 2.24) is 4.90 Å². The van der Waals surface area contributed by atoms with Crippen molar-refractivity contribution in [2.75, 3.05) is 26.3 Å². The Morgan fingerprint density at radius 1 is 0.418 bits per heavy atom. The molecule has 3 heteroatoms. The SMILES string of the molecule is CCCCCCCCCCCCCCCCCCN(CCCCCCCCCCCCCCCCCC)C(=O)COCC(C1CCCCC1)C1CCCCC1. The summed E-state index contributed by atoms with van der Waals surface area (Å²) in [4.78, 5) is 15.9. The standard InChI is InChI=1S/C52H101NO2/c1-3-5-7-9-11-13-15-17-19-21-23-25-27-29-31-39-45-53(46-40-32-30-28-26-24-22-20-18-16-14-12-10-8-6-4-2)52(54)48-55-47-51(49-41-35-33-36-42-49)50-43-37-34-38-44-50/h49-51H,3-48H2,1-2H3. The van der Waals surface area contributed by atoms with E-state index >= 15 is 0 Å². The number of rotatable bonds is 40. The number of hydrogen-bond donors (Lipinski definition) is 0. The summed E-state index contributed by atoms with van der Waals surface area (Å²) in [6.07, 6.45) is 58.6. The van der Waals surface area contributed by atoms with E-state index < -0.39 is 0 Å². The minimum atomic E-state index is 0.271. The van der Waals surface area contributed by atoms with Gasteiger partial charge in [-0.25, -0.2) is 0 Å². The van der Waals surface area contributed by atoms with E-state index in [4.69, 9.17) is 4.74 Å². The highest BCUT2D eigenvalue weighted by Crippen LogP contribution is 2.40. The van der Waals surface area contributed by atoms with Crippen molar-refractivity contribution in [3.8, 4) is 0 Å². The Kier molecular flexibility index (Phi) is 35.8. The number of nitrogens with zero attached hydrogens (tertiary/aromatic N) is 1. The molecule has 2 saturated carbocycles. The van der Waals surface area contributed by atoms with Gasteiger partial charge in [0.15, 0.2) is 0 Å².